The van der Waals surface area contributed by atoms with Gasteiger partial charge in [0.25, 0.3) is 0 Å². The molecule has 0 aliphatic carbocycles. The Morgan fingerprint density at radius 3 is 2.07 bits per heavy atom. The van der Waals surface area contributed by atoms with Crippen LogP contribution in [0.15, 0.2) is 12.1 Å². The lowest BCUT2D eigenvalue weighted by atomic mass is 10.3. The fourth-order valence-corrected chi connectivity index (χ4v) is 2.82. The highest BCUT2D eigenvalue weighted by Gasteiger charge is 2.24. The molecular weight excluding hydrogens is 211 g/mol. The third-order valence-corrected chi connectivity index (χ3v) is 4.30. The molecular formula is C11H17FO2Si. The van der Waals surface area contributed by atoms with Crippen LogP contribution in [0.2, 0.25) is 19.6 Å². The van der Waals surface area contributed by atoms with Crippen molar-refractivity contribution in [3.8, 4) is 11.5 Å². The summed E-state index contributed by atoms with van der Waals surface area (Å²) in [5.41, 5.74) is 0. The van der Waals surface area contributed by atoms with E-state index in [1.165, 1.54) is 14.2 Å². The molecule has 0 aliphatic heterocycles. The van der Waals surface area contributed by atoms with E-state index in [1.54, 1.807) is 12.1 Å². The van der Waals surface area contributed by atoms with Gasteiger partial charge >= 0.3 is 0 Å². The van der Waals surface area contributed by atoms with Crippen molar-refractivity contribution < 1.29 is 13.9 Å². The maximum Gasteiger partial charge on any atom is 0.196 e. The van der Waals surface area contributed by atoms with E-state index in [1.807, 2.05) is 0 Å². The molecule has 0 N–H and O–H groups in total. The van der Waals surface area contributed by atoms with Crippen LogP contribution in [-0.4, -0.2) is 22.3 Å². The van der Waals surface area contributed by atoms with E-state index < -0.39 is 8.07 Å². The van der Waals surface area contributed by atoms with Crippen molar-refractivity contribution in [2.24, 2.45) is 0 Å². The van der Waals surface area contributed by atoms with Gasteiger partial charge in [-0.1, -0.05) is 25.7 Å². The van der Waals surface area contributed by atoms with Gasteiger partial charge < -0.3 is 9.47 Å². The van der Waals surface area contributed by atoms with Crippen LogP contribution in [0.4, 0.5) is 4.39 Å². The molecule has 2 nitrogen and oxygen atoms in total. The Labute approximate surface area is 91.0 Å². The van der Waals surface area contributed by atoms with Gasteiger partial charge in [-0.3, -0.25) is 0 Å². The first-order valence-corrected chi connectivity index (χ1v) is 8.32. The highest BCUT2D eigenvalue weighted by atomic mass is 28.3. The molecule has 0 radical (unpaired) electrons. The van der Waals surface area contributed by atoms with Crippen molar-refractivity contribution >= 4 is 13.3 Å². The maximum absolute atomic E-state index is 14.0. The lowest BCUT2D eigenvalue weighted by molar-refractivity contribution is 0.338. The molecule has 84 valence electrons. The van der Waals surface area contributed by atoms with Crippen LogP contribution in [0, 0.1) is 5.82 Å². The predicted octanol–water partition coefficient (Wildman–Crippen LogP) is 2.39. The fraction of sp³-hybridized carbons (Fsp3) is 0.455. The standard InChI is InChI=1S/C11H17FO2Si/c1-13-8-6-7-9(15(3,4)5)10(12)11(8)14-2/h6-7H,1-5H3. The van der Waals surface area contributed by atoms with E-state index in [-0.39, 0.29) is 11.6 Å². The topological polar surface area (TPSA) is 18.5 Å². The highest BCUT2D eigenvalue weighted by molar-refractivity contribution is 6.88. The lowest BCUT2D eigenvalue weighted by Crippen LogP contribution is -2.40. The van der Waals surface area contributed by atoms with Crippen LogP contribution < -0.4 is 14.7 Å². The summed E-state index contributed by atoms with van der Waals surface area (Å²) in [5.74, 6) is 0.366. The Morgan fingerprint density at radius 2 is 1.67 bits per heavy atom. The molecule has 15 heavy (non-hydrogen) atoms. The second-order valence-corrected chi connectivity index (χ2v) is 9.45. The number of benzene rings is 1. The summed E-state index contributed by atoms with van der Waals surface area (Å²) < 4.78 is 24.1. The SMILES string of the molecule is COc1ccc([Si](C)(C)C)c(F)c1OC. The predicted molar refractivity (Wildman–Crippen MR) is 62.5 cm³/mol. The Bertz CT molecular complexity index is 358. The van der Waals surface area contributed by atoms with Crippen LogP contribution in [0.5, 0.6) is 11.5 Å². The molecule has 1 aromatic carbocycles. The second-order valence-electron chi connectivity index (χ2n) is 4.41. The molecule has 0 saturated heterocycles. The molecule has 0 spiro atoms. The summed E-state index contributed by atoms with van der Waals surface area (Å²) in [6.45, 7) is 6.28. The van der Waals surface area contributed by atoms with E-state index in [4.69, 9.17) is 9.47 Å². The monoisotopic (exact) mass is 228 g/mol. The molecule has 4 heteroatoms. The van der Waals surface area contributed by atoms with Gasteiger partial charge in [0.2, 0.25) is 0 Å². The lowest BCUT2D eigenvalue weighted by Gasteiger charge is -2.20. The number of rotatable bonds is 3. The van der Waals surface area contributed by atoms with Crippen molar-refractivity contribution in [3.05, 3.63) is 17.9 Å². The zero-order valence-corrected chi connectivity index (χ0v) is 10.8. The van der Waals surface area contributed by atoms with Crippen molar-refractivity contribution in [2.75, 3.05) is 14.2 Å². The first kappa shape index (κ1) is 12.0. The van der Waals surface area contributed by atoms with E-state index in [0.29, 0.717) is 5.75 Å². The number of methoxy groups -OCH3 is 2. The molecule has 0 bridgehead atoms. The number of ether oxygens (including phenoxy) is 2. The van der Waals surface area contributed by atoms with Crippen molar-refractivity contribution in [1.82, 2.24) is 0 Å². The first-order valence-electron chi connectivity index (χ1n) is 4.82. The average Bonchev–Trinajstić information content (AvgIpc) is 2.15. The molecule has 1 aromatic rings. The molecule has 1 rings (SSSR count). The van der Waals surface area contributed by atoms with E-state index in [9.17, 15) is 4.39 Å². The molecule has 0 fully saturated rings. The van der Waals surface area contributed by atoms with Gasteiger partial charge in [-0.05, 0) is 11.3 Å². The largest absolute Gasteiger partial charge is 0.493 e. The third-order valence-electron chi connectivity index (χ3n) is 2.29. The normalized spacial score (nSPS) is 11.3. The molecule has 0 aliphatic rings. The maximum atomic E-state index is 14.0. The first-order chi connectivity index (χ1) is 6.91. The van der Waals surface area contributed by atoms with Crippen LogP contribution in [0.3, 0.4) is 0 Å². The fourth-order valence-electron chi connectivity index (χ4n) is 1.47. The van der Waals surface area contributed by atoms with Crippen molar-refractivity contribution in [2.45, 2.75) is 19.6 Å². The number of hydrogen-bond acceptors (Lipinski definition) is 2. The van der Waals surface area contributed by atoms with Gasteiger partial charge in [-0.25, -0.2) is 4.39 Å². The summed E-state index contributed by atoms with van der Waals surface area (Å²) in [7, 11) is 1.29. The Kier molecular flexibility index (Phi) is 3.39. The summed E-state index contributed by atoms with van der Waals surface area (Å²) in [4.78, 5) is 0. The Hall–Kier alpha value is -1.03. The van der Waals surface area contributed by atoms with Crippen LogP contribution >= 0.6 is 0 Å². The molecule has 0 unspecified atom stereocenters. The Morgan fingerprint density at radius 1 is 1.07 bits per heavy atom. The van der Waals surface area contributed by atoms with E-state index >= 15 is 0 Å². The minimum Gasteiger partial charge on any atom is -0.493 e. The van der Waals surface area contributed by atoms with Gasteiger partial charge in [-0.15, -0.1) is 0 Å². The molecule has 0 amide bonds. The van der Waals surface area contributed by atoms with Crippen LogP contribution in [0.1, 0.15) is 0 Å². The summed E-state index contributed by atoms with van der Waals surface area (Å²) in [6.07, 6.45) is 0. The Balaban J connectivity index is 3.36. The summed E-state index contributed by atoms with van der Waals surface area (Å²) >= 11 is 0. The van der Waals surface area contributed by atoms with Gasteiger partial charge in [0, 0.05) is 0 Å². The van der Waals surface area contributed by atoms with Crippen LogP contribution in [-0.2, 0) is 0 Å². The van der Waals surface area contributed by atoms with Gasteiger partial charge in [0.05, 0.1) is 22.3 Å². The van der Waals surface area contributed by atoms with Gasteiger partial charge in [-0.2, -0.15) is 0 Å². The zero-order chi connectivity index (χ0) is 11.6. The van der Waals surface area contributed by atoms with Gasteiger partial charge in [0.1, 0.15) is 0 Å². The van der Waals surface area contributed by atoms with E-state index in [2.05, 4.69) is 19.6 Å². The zero-order valence-electron chi connectivity index (χ0n) is 9.85. The molecule has 0 atom stereocenters. The quantitative estimate of drug-likeness (QED) is 0.740. The molecule has 0 heterocycles. The number of halogens is 1. The van der Waals surface area contributed by atoms with Crippen molar-refractivity contribution in [3.63, 3.8) is 0 Å². The van der Waals surface area contributed by atoms with Crippen LogP contribution in [0.25, 0.3) is 0 Å². The second kappa shape index (κ2) is 4.22. The molecule has 0 saturated carbocycles. The summed E-state index contributed by atoms with van der Waals surface area (Å²) in [5, 5.41) is 0.764. The third kappa shape index (κ3) is 2.31. The summed E-state index contributed by atoms with van der Waals surface area (Å²) in [6, 6.07) is 3.55. The minimum atomic E-state index is -1.67. The highest BCUT2D eigenvalue weighted by Crippen LogP contribution is 2.29. The smallest absolute Gasteiger partial charge is 0.196 e. The van der Waals surface area contributed by atoms with Gasteiger partial charge in [0.15, 0.2) is 17.3 Å². The van der Waals surface area contributed by atoms with E-state index in [0.717, 1.165) is 5.19 Å². The minimum absolute atomic E-state index is 0.206. The van der Waals surface area contributed by atoms with Crippen molar-refractivity contribution in [1.29, 1.82) is 0 Å². The average molecular weight is 228 g/mol. The number of hydrogen-bond donors (Lipinski definition) is 0. The molecule has 0 aromatic heterocycles.